The molecule has 3 aromatic carbocycles. The third kappa shape index (κ3) is 11.3. The Labute approximate surface area is 332 Å². The molecule has 0 aliphatic rings. The van der Waals surface area contributed by atoms with E-state index >= 15 is 0 Å². The van der Waals surface area contributed by atoms with Gasteiger partial charge in [-0.25, -0.2) is 0 Å². The summed E-state index contributed by atoms with van der Waals surface area (Å²) in [6.45, 7) is 40.3. The summed E-state index contributed by atoms with van der Waals surface area (Å²) in [4.78, 5) is 0. The van der Waals surface area contributed by atoms with E-state index in [9.17, 15) is 0 Å². The molecule has 0 fully saturated rings. The Morgan fingerprint density at radius 3 is 0.723 bits per heavy atom. The van der Waals surface area contributed by atoms with Gasteiger partial charge >= 0.3 is 8.60 Å². The quantitative estimate of drug-likeness (QED) is 0.191. The van der Waals surface area contributed by atoms with Crippen molar-refractivity contribution in [3.8, 4) is 17.2 Å². The SMILES string of the molecule is CC(C)(C)c1ccc(OP(Oc2ccc(C(C)(C)C)cc2C(C)(C)C)Oc2ccc(C(C)(C)C)cc2C(C)(C)C)c(C(C)(C)C)c1.[K]. The van der Waals surface area contributed by atoms with Gasteiger partial charge < -0.3 is 13.6 Å². The summed E-state index contributed by atoms with van der Waals surface area (Å²) in [6.07, 6.45) is 0. The minimum Gasteiger partial charge on any atom is -0.408 e. The predicted molar refractivity (Wildman–Crippen MR) is 206 cm³/mol. The van der Waals surface area contributed by atoms with E-state index in [2.05, 4.69) is 179 Å². The van der Waals surface area contributed by atoms with Crippen molar-refractivity contribution < 1.29 is 13.6 Å². The Morgan fingerprint density at radius 1 is 0.340 bits per heavy atom. The van der Waals surface area contributed by atoms with E-state index in [0.29, 0.717) is 0 Å². The number of hydrogen-bond donors (Lipinski definition) is 0. The Morgan fingerprint density at radius 2 is 0.553 bits per heavy atom. The van der Waals surface area contributed by atoms with Crippen molar-refractivity contribution in [2.45, 2.75) is 157 Å². The molecule has 47 heavy (non-hydrogen) atoms. The average molecular weight is 686 g/mol. The summed E-state index contributed by atoms with van der Waals surface area (Å²) in [7, 11) is -1.89. The van der Waals surface area contributed by atoms with E-state index < -0.39 is 8.60 Å². The van der Waals surface area contributed by atoms with E-state index in [1.54, 1.807) is 0 Å². The molecule has 0 bridgehead atoms. The monoisotopic (exact) mass is 685 g/mol. The average Bonchev–Trinajstić information content (AvgIpc) is 2.85. The van der Waals surface area contributed by atoms with Gasteiger partial charge in [0.2, 0.25) is 0 Å². The molecule has 0 aliphatic heterocycles. The first-order valence-electron chi connectivity index (χ1n) is 16.9. The van der Waals surface area contributed by atoms with Crippen molar-refractivity contribution in [2.24, 2.45) is 0 Å². The Hall–Kier alpha value is -0.874. The predicted octanol–water partition coefficient (Wildman–Crippen LogP) is 12.9. The molecule has 0 saturated heterocycles. The second-order valence-corrected chi connectivity index (χ2v) is 20.1. The number of rotatable bonds is 6. The molecule has 255 valence electrons. The molecule has 3 rings (SSSR count). The first kappa shape index (κ1) is 42.3. The zero-order valence-electron chi connectivity index (χ0n) is 33.4. The van der Waals surface area contributed by atoms with Gasteiger partial charge in [0.15, 0.2) is 0 Å². The third-order valence-electron chi connectivity index (χ3n) is 8.48. The molecule has 0 N–H and O–H groups in total. The van der Waals surface area contributed by atoms with E-state index in [1.165, 1.54) is 16.7 Å². The third-order valence-corrected chi connectivity index (χ3v) is 9.52. The van der Waals surface area contributed by atoms with Gasteiger partial charge in [0.05, 0.1) is 0 Å². The molecule has 0 amide bonds. The van der Waals surface area contributed by atoms with Crippen LogP contribution < -0.4 is 13.6 Å². The standard InChI is InChI=1S/C42H63O3P.K/c1-37(2,3)28-19-22-34(31(25-28)40(10,11)12)43-46(44-35-23-20-29(38(4,5)6)26-32(35)41(13,14)15)45-36-24-21-30(39(7,8)9)27-33(36)42(16,17)18;/h19-27H,1-18H3;. The topological polar surface area (TPSA) is 27.7 Å². The Kier molecular flexibility index (Phi) is 13.3. The first-order valence-corrected chi connectivity index (χ1v) is 18.0. The largest absolute Gasteiger partial charge is 0.530 e. The second kappa shape index (κ2) is 14.8. The number of benzene rings is 3. The maximum Gasteiger partial charge on any atom is 0.530 e. The van der Waals surface area contributed by atoms with Gasteiger partial charge in [-0.15, -0.1) is 0 Å². The molecule has 0 unspecified atom stereocenters. The van der Waals surface area contributed by atoms with Crippen molar-refractivity contribution in [2.75, 3.05) is 0 Å². The van der Waals surface area contributed by atoms with Crippen LogP contribution in [0, 0.1) is 0 Å². The van der Waals surface area contributed by atoms with Gasteiger partial charge in [0, 0.05) is 68.1 Å². The van der Waals surface area contributed by atoms with Crippen LogP contribution in [-0.2, 0) is 32.5 Å². The molecular formula is C42H63KO3P. The van der Waals surface area contributed by atoms with Gasteiger partial charge in [-0.05, 0) is 67.4 Å². The van der Waals surface area contributed by atoms with E-state index in [-0.39, 0.29) is 83.9 Å². The summed E-state index contributed by atoms with van der Waals surface area (Å²) >= 11 is 0. The second-order valence-electron chi connectivity index (χ2n) is 19.1. The van der Waals surface area contributed by atoms with Crippen LogP contribution in [0.2, 0.25) is 0 Å². The molecule has 3 nitrogen and oxygen atoms in total. The van der Waals surface area contributed by atoms with Crippen LogP contribution in [0.1, 0.15) is 158 Å². The maximum absolute atomic E-state index is 6.90. The van der Waals surface area contributed by atoms with Crippen molar-refractivity contribution in [1.82, 2.24) is 0 Å². The zero-order chi connectivity index (χ0) is 35.3. The normalized spacial score (nSPS) is 13.3. The van der Waals surface area contributed by atoms with Gasteiger partial charge in [-0.2, -0.15) is 0 Å². The van der Waals surface area contributed by atoms with E-state index in [1.807, 2.05) is 0 Å². The smallest absolute Gasteiger partial charge is 0.408 e. The van der Waals surface area contributed by atoms with E-state index in [0.717, 1.165) is 33.9 Å². The fourth-order valence-electron chi connectivity index (χ4n) is 5.28. The van der Waals surface area contributed by atoms with Crippen molar-refractivity contribution >= 4 is 60.0 Å². The van der Waals surface area contributed by atoms with Gasteiger partial charge in [0.1, 0.15) is 17.2 Å². The van der Waals surface area contributed by atoms with Crippen LogP contribution in [0.3, 0.4) is 0 Å². The summed E-state index contributed by atoms with van der Waals surface area (Å²) < 4.78 is 20.7. The Balaban J connectivity index is 0.00000768. The van der Waals surface area contributed by atoms with Gasteiger partial charge in [-0.1, -0.05) is 161 Å². The fraction of sp³-hybridized carbons (Fsp3) is 0.571. The van der Waals surface area contributed by atoms with Crippen LogP contribution in [0.15, 0.2) is 54.6 Å². The summed E-state index contributed by atoms with van der Waals surface area (Å²) in [5.74, 6) is 2.37. The van der Waals surface area contributed by atoms with Crippen molar-refractivity contribution in [3.63, 3.8) is 0 Å². The first-order chi connectivity index (χ1) is 20.6. The Bertz CT molecular complexity index is 1330. The minimum absolute atomic E-state index is 0. The summed E-state index contributed by atoms with van der Waals surface area (Å²) in [6, 6.07) is 19.7. The van der Waals surface area contributed by atoms with Crippen molar-refractivity contribution in [3.05, 3.63) is 88.0 Å². The van der Waals surface area contributed by atoms with E-state index in [4.69, 9.17) is 13.6 Å². The number of hydrogen-bond acceptors (Lipinski definition) is 3. The van der Waals surface area contributed by atoms with Gasteiger partial charge in [0.25, 0.3) is 0 Å². The molecule has 0 saturated carbocycles. The molecule has 0 heterocycles. The zero-order valence-corrected chi connectivity index (χ0v) is 37.4. The summed E-state index contributed by atoms with van der Waals surface area (Å²) in [5, 5.41) is 0. The van der Waals surface area contributed by atoms with Crippen LogP contribution in [0.4, 0.5) is 0 Å². The maximum atomic E-state index is 6.90. The molecule has 0 aromatic heterocycles. The minimum atomic E-state index is -1.89. The molecular weight excluding hydrogens is 623 g/mol. The van der Waals surface area contributed by atoms with Crippen LogP contribution >= 0.6 is 8.60 Å². The molecule has 3 aromatic rings. The molecule has 0 aliphatic carbocycles. The summed E-state index contributed by atoms with van der Waals surface area (Å²) in [5.41, 5.74) is 6.85. The van der Waals surface area contributed by atoms with Crippen LogP contribution in [0.5, 0.6) is 17.2 Å². The molecule has 1 radical (unpaired) electrons. The molecule has 5 heteroatoms. The fourth-order valence-corrected chi connectivity index (χ4v) is 6.35. The van der Waals surface area contributed by atoms with Crippen LogP contribution in [-0.4, -0.2) is 51.4 Å². The molecule has 0 spiro atoms. The molecule has 0 atom stereocenters. The van der Waals surface area contributed by atoms with Crippen LogP contribution in [0.25, 0.3) is 0 Å². The van der Waals surface area contributed by atoms with Crippen molar-refractivity contribution in [1.29, 1.82) is 0 Å². The van der Waals surface area contributed by atoms with Gasteiger partial charge in [-0.3, -0.25) is 0 Å².